The van der Waals surface area contributed by atoms with E-state index in [1.54, 1.807) is 0 Å². The summed E-state index contributed by atoms with van der Waals surface area (Å²) in [5, 5.41) is 12.1. The Labute approximate surface area is 120 Å². The van der Waals surface area contributed by atoms with E-state index in [1.807, 2.05) is 13.8 Å². The van der Waals surface area contributed by atoms with Gasteiger partial charge in [0.1, 0.15) is 6.04 Å². The van der Waals surface area contributed by atoms with Crippen LogP contribution in [0.25, 0.3) is 0 Å². The van der Waals surface area contributed by atoms with Gasteiger partial charge in [0.15, 0.2) is 0 Å². The summed E-state index contributed by atoms with van der Waals surface area (Å²) in [6, 6.07) is -1.01. The van der Waals surface area contributed by atoms with Gasteiger partial charge in [0.05, 0.1) is 0 Å². The highest BCUT2D eigenvalue weighted by molar-refractivity contribution is 7.86. The minimum absolute atomic E-state index is 0.160. The summed E-state index contributed by atoms with van der Waals surface area (Å²) in [5.41, 5.74) is 0. The van der Waals surface area contributed by atoms with E-state index < -0.39 is 22.2 Å². The molecule has 8 heteroatoms. The third kappa shape index (κ3) is 3.13. The number of carboxylic acids is 1. The van der Waals surface area contributed by atoms with Crippen molar-refractivity contribution in [3.63, 3.8) is 0 Å². The quantitative estimate of drug-likeness (QED) is 0.738. The molecule has 2 rings (SSSR count). The van der Waals surface area contributed by atoms with Crippen molar-refractivity contribution in [1.29, 1.82) is 0 Å². The summed E-state index contributed by atoms with van der Waals surface area (Å²) in [6.07, 6.45) is 1.01. The van der Waals surface area contributed by atoms with Crippen molar-refractivity contribution in [2.45, 2.75) is 26.3 Å². The summed E-state index contributed by atoms with van der Waals surface area (Å²) >= 11 is 0. The second-order valence-corrected chi connectivity index (χ2v) is 7.82. The van der Waals surface area contributed by atoms with Crippen molar-refractivity contribution in [1.82, 2.24) is 13.9 Å². The molecule has 2 aliphatic heterocycles. The number of hydrogen-bond donors (Lipinski definition) is 2. The van der Waals surface area contributed by atoms with E-state index in [9.17, 15) is 18.3 Å². The molecule has 20 heavy (non-hydrogen) atoms. The first kappa shape index (κ1) is 15.7. The average Bonchev–Trinajstić information content (AvgIpc) is 2.37. The number of nitrogens with zero attached hydrogens (tertiary/aromatic N) is 2. The highest BCUT2D eigenvalue weighted by Crippen LogP contribution is 2.25. The molecule has 0 aromatic carbocycles. The molecule has 2 fully saturated rings. The first-order valence-electron chi connectivity index (χ1n) is 7.02. The zero-order valence-corrected chi connectivity index (χ0v) is 12.8. The predicted octanol–water partition coefficient (Wildman–Crippen LogP) is -0.432. The molecule has 0 aromatic rings. The Bertz CT molecular complexity index is 457. The molecule has 0 spiro atoms. The van der Waals surface area contributed by atoms with Crippen LogP contribution in [0.15, 0.2) is 0 Å². The van der Waals surface area contributed by atoms with E-state index in [0.717, 1.165) is 10.7 Å². The number of aliphatic carboxylic acids is 1. The maximum absolute atomic E-state index is 12.7. The molecule has 7 nitrogen and oxygen atoms in total. The van der Waals surface area contributed by atoms with Crippen molar-refractivity contribution in [3.05, 3.63) is 0 Å². The summed E-state index contributed by atoms with van der Waals surface area (Å²) in [6.45, 7) is 5.87. The van der Waals surface area contributed by atoms with Gasteiger partial charge in [-0.2, -0.15) is 17.0 Å². The van der Waals surface area contributed by atoms with E-state index in [1.165, 1.54) is 4.31 Å². The number of rotatable bonds is 3. The smallest absolute Gasteiger partial charge is 0.323 e. The number of nitrogens with one attached hydrogen (secondary N) is 1. The Balaban J connectivity index is 2.21. The lowest BCUT2D eigenvalue weighted by atomic mass is 9.94. The summed E-state index contributed by atoms with van der Waals surface area (Å²) in [5.74, 6) is -0.488. The molecule has 0 bridgehead atoms. The van der Waals surface area contributed by atoms with E-state index in [4.69, 9.17) is 0 Å². The average molecular weight is 305 g/mol. The van der Waals surface area contributed by atoms with Gasteiger partial charge in [0.25, 0.3) is 10.2 Å². The van der Waals surface area contributed by atoms with Crippen molar-refractivity contribution in [2.75, 3.05) is 32.7 Å². The minimum Gasteiger partial charge on any atom is -0.480 e. The Kier molecular flexibility index (Phi) is 4.68. The van der Waals surface area contributed by atoms with Crippen molar-refractivity contribution in [2.24, 2.45) is 11.8 Å². The zero-order chi connectivity index (χ0) is 14.9. The number of piperidine rings is 1. The monoisotopic (exact) mass is 305 g/mol. The predicted molar refractivity (Wildman–Crippen MR) is 74.4 cm³/mol. The SMILES string of the molecule is CC1CC(C)CN(S(=O)(=O)N2CCNCC2C(=O)O)C1. The van der Waals surface area contributed by atoms with Crippen LogP contribution < -0.4 is 5.32 Å². The Morgan fingerprint density at radius 2 is 1.85 bits per heavy atom. The lowest BCUT2D eigenvalue weighted by Gasteiger charge is -2.40. The lowest BCUT2D eigenvalue weighted by molar-refractivity contribution is -0.141. The van der Waals surface area contributed by atoms with Gasteiger partial charge in [-0.3, -0.25) is 4.79 Å². The molecule has 2 N–H and O–H groups in total. The van der Waals surface area contributed by atoms with Gasteiger partial charge in [-0.15, -0.1) is 0 Å². The fourth-order valence-corrected chi connectivity index (χ4v) is 5.11. The molecule has 2 aliphatic rings. The number of carbonyl (C=O) groups is 1. The molecule has 0 aliphatic carbocycles. The lowest BCUT2D eigenvalue weighted by Crippen LogP contribution is -2.61. The van der Waals surface area contributed by atoms with E-state index in [-0.39, 0.29) is 13.1 Å². The highest BCUT2D eigenvalue weighted by atomic mass is 32.2. The molecule has 0 saturated carbocycles. The van der Waals surface area contributed by atoms with Gasteiger partial charge in [-0.1, -0.05) is 13.8 Å². The summed E-state index contributed by atoms with van der Waals surface area (Å²) in [4.78, 5) is 11.3. The van der Waals surface area contributed by atoms with Crippen LogP contribution in [0.2, 0.25) is 0 Å². The second-order valence-electron chi connectivity index (χ2n) is 5.94. The van der Waals surface area contributed by atoms with Gasteiger partial charge < -0.3 is 10.4 Å². The van der Waals surface area contributed by atoms with E-state index in [0.29, 0.717) is 31.5 Å². The largest absolute Gasteiger partial charge is 0.480 e. The van der Waals surface area contributed by atoms with Crippen LogP contribution in [0.1, 0.15) is 20.3 Å². The Morgan fingerprint density at radius 3 is 2.40 bits per heavy atom. The fourth-order valence-electron chi connectivity index (χ4n) is 3.11. The summed E-state index contributed by atoms with van der Waals surface area (Å²) < 4.78 is 28.0. The Hall–Kier alpha value is -0.700. The van der Waals surface area contributed by atoms with E-state index in [2.05, 4.69) is 5.32 Å². The van der Waals surface area contributed by atoms with Crippen LogP contribution in [0.3, 0.4) is 0 Å². The maximum Gasteiger partial charge on any atom is 0.323 e. The van der Waals surface area contributed by atoms with Crippen LogP contribution in [-0.2, 0) is 15.0 Å². The second kappa shape index (κ2) is 5.97. The van der Waals surface area contributed by atoms with Crippen molar-refractivity contribution < 1.29 is 18.3 Å². The third-order valence-electron chi connectivity index (χ3n) is 3.94. The molecule has 3 atom stereocenters. The van der Waals surface area contributed by atoms with Crippen LogP contribution in [0.4, 0.5) is 0 Å². The topological polar surface area (TPSA) is 90.0 Å². The number of carboxylic acid groups (broad SMARTS) is 1. The summed E-state index contributed by atoms with van der Waals surface area (Å²) in [7, 11) is -3.70. The van der Waals surface area contributed by atoms with Gasteiger partial charge >= 0.3 is 5.97 Å². The van der Waals surface area contributed by atoms with Crippen LogP contribution in [-0.4, -0.2) is 66.9 Å². The number of hydrogen-bond acceptors (Lipinski definition) is 4. The van der Waals surface area contributed by atoms with E-state index >= 15 is 0 Å². The first-order valence-corrected chi connectivity index (χ1v) is 8.42. The molecular weight excluding hydrogens is 282 g/mol. The molecule has 2 saturated heterocycles. The highest BCUT2D eigenvalue weighted by Gasteiger charge is 2.41. The van der Waals surface area contributed by atoms with Crippen molar-refractivity contribution >= 4 is 16.2 Å². The van der Waals surface area contributed by atoms with Gasteiger partial charge in [0.2, 0.25) is 0 Å². The van der Waals surface area contributed by atoms with Gasteiger partial charge in [-0.05, 0) is 18.3 Å². The molecule has 2 heterocycles. The van der Waals surface area contributed by atoms with Crippen LogP contribution in [0, 0.1) is 11.8 Å². The number of piperazine rings is 1. The minimum atomic E-state index is -3.70. The molecule has 0 aromatic heterocycles. The van der Waals surface area contributed by atoms with Crippen molar-refractivity contribution in [3.8, 4) is 0 Å². The molecule has 0 amide bonds. The molecule has 116 valence electrons. The van der Waals surface area contributed by atoms with Crippen LogP contribution in [0.5, 0.6) is 0 Å². The molecule has 0 radical (unpaired) electrons. The van der Waals surface area contributed by atoms with Crippen LogP contribution >= 0.6 is 0 Å². The zero-order valence-electron chi connectivity index (χ0n) is 11.9. The Morgan fingerprint density at radius 1 is 1.25 bits per heavy atom. The molecule has 3 unspecified atom stereocenters. The third-order valence-corrected chi connectivity index (χ3v) is 5.92. The normalized spacial score (nSPS) is 34.0. The molecular formula is C12H23N3O4S. The fraction of sp³-hybridized carbons (Fsp3) is 0.917. The van der Waals surface area contributed by atoms with Gasteiger partial charge in [-0.25, -0.2) is 0 Å². The standard InChI is InChI=1S/C12H23N3O4S/c1-9-5-10(2)8-14(7-9)20(18,19)15-4-3-13-6-11(15)12(16)17/h9-11,13H,3-8H2,1-2H3,(H,16,17). The van der Waals surface area contributed by atoms with Gasteiger partial charge in [0, 0.05) is 32.7 Å². The maximum atomic E-state index is 12.7. The first-order chi connectivity index (χ1) is 9.32.